The van der Waals surface area contributed by atoms with Crippen molar-refractivity contribution in [2.24, 2.45) is 0 Å². The lowest BCUT2D eigenvalue weighted by Crippen LogP contribution is -2.06. The number of aryl methyl sites for hydroxylation is 2. The number of methoxy groups -OCH3 is 1. The Morgan fingerprint density at radius 1 is 1.09 bits per heavy atom. The van der Waals surface area contributed by atoms with Gasteiger partial charge in [-0.05, 0) is 43.2 Å². The summed E-state index contributed by atoms with van der Waals surface area (Å²) in [5, 5.41) is 4.36. The Morgan fingerprint density at radius 3 is 2.61 bits per heavy atom. The zero-order chi connectivity index (χ0) is 16.4. The van der Waals surface area contributed by atoms with Crippen LogP contribution in [0.4, 0.5) is 11.4 Å². The number of ether oxygens (including phenoxy) is 1. The van der Waals surface area contributed by atoms with Crippen molar-refractivity contribution in [2.45, 2.75) is 13.8 Å². The molecule has 0 saturated carbocycles. The van der Waals surface area contributed by atoms with Gasteiger partial charge in [-0.25, -0.2) is 9.78 Å². The lowest BCUT2D eigenvalue weighted by molar-refractivity contribution is 0.0594. The average molecular weight is 306 g/mol. The fourth-order valence-corrected chi connectivity index (χ4v) is 2.58. The highest BCUT2D eigenvalue weighted by Gasteiger charge is 2.13. The molecule has 0 amide bonds. The van der Waals surface area contributed by atoms with Crippen molar-refractivity contribution in [3.05, 3.63) is 65.4 Å². The summed E-state index contributed by atoms with van der Waals surface area (Å²) < 4.78 is 4.82. The Hall–Kier alpha value is -2.88. The van der Waals surface area contributed by atoms with E-state index in [4.69, 9.17) is 4.74 Å². The lowest BCUT2D eigenvalue weighted by atomic mass is 10.1. The van der Waals surface area contributed by atoms with Crippen LogP contribution in [0.5, 0.6) is 0 Å². The van der Waals surface area contributed by atoms with Crippen molar-refractivity contribution in [3.8, 4) is 0 Å². The molecule has 0 aliphatic heterocycles. The highest BCUT2D eigenvalue weighted by Crippen LogP contribution is 2.28. The fourth-order valence-electron chi connectivity index (χ4n) is 2.58. The first-order chi connectivity index (χ1) is 11.1. The Morgan fingerprint density at radius 2 is 1.87 bits per heavy atom. The van der Waals surface area contributed by atoms with E-state index in [0.29, 0.717) is 5.69 Å². The molecule has 0 spiro atoms. The first kappa shape index (κ1) is 15.0. The van der Waals surface area contributed by atoms with Gasteiger partial charge in [-0.1, -0.05) is 30.3 Å². The molecule has 0 atom stereocenters. The maximum atomic E-state index is 11.9. The third kappa shape index (κ3) is 3.01. The van der Waals surface area contributed by atoms with Crippen LogP contribution in [0, 0.1) is 13.8 Å². The van der Waals surface area contributed by atoms with Crippen LogP contribution in [-0.2, 0) is 4.74 Å². The predicted molar refractivity (Wildman–Crippen MR) is 92.3 cm³/mol. The molecule has 4 heteroatoms. The third-order valence-electron chi connectivity index (χ3n) is 3.73. The number of carbonyl (C=O) groups is 1. The summed E-state index contributed by atoms with van der Waals surface area (Å²) in [5.74, 6) is -0.442. The van der Waals surface area contributed by atoms with Crippen molar-refractivity contribution < 1.29 is 9.53 Å². The molecule has 3 aromatic rings. The molecule has 4 nitrogen and oxygen atoms in total. The fraction of sp³-hybridized carbons (Fsp3) is 0.158. The molecule has 0 aliphatic carbocycles. The van der Waals surface area contributed by atoms with Gasteiger partial charge in [0.1, 0.15) is 0 Å². The van der Waals surface area contributed by atoms with Crippen LogP contribution < -0.4 is 5.32 Å². The molecule has 1 N–H and O–H groups in total. The van der Waals surface area contributed by atoms with Gasteiger partial charge in [0.05, 0.1) is 18.3 Å². The van der Waals surface area contributed by atoms with Crippen LogP contribution in [0.15, 0.2) is 48.5 Å². The van der Waals surface area contributed by atoms with Crippen molar-refractivity contribution >= 4 is 28.2 Å². The van der Waals surface area contributed by atoms with E-state index in [2.05, 4.69) is 16.4 Å². The maximum absolute atomic E-state index is 11.9. The zero-order valence-electron chi connectivity index (χ0n) is 13.4. The van der Waals surface area contributed by atoms with Crippen molar-refractivity contribution in [1.82, 2.24) is 4.98 Å². The van der Waals surface area contributed by atoms with Crippen LogP contribution in [0.2, 0.25) is 0 Å². The molecule has 0 unspecified atom stereocenters. The average Bonchev–Trinajstić information content (AvgIpc) is 2.55. The number of benzene rings is 2. The number of para-hydroxylation sites is 1. The molecule has 2 aromatic carbocycles. The summed E-state index contributed by atoms with van der Waals surface area (Å²) in [4.78, 5) is 16.4. The number of carbonyl (C=O) groups excluding carboxylic acids is 1. The topological polar surface area (TPSA) is 51.2 Å². The molecule has 0 bridgehead atoms. The Balaban J connectivity index is 2.17. The summed E-state index contributed by atoms with van der Waals surface area (Å²) in [6, 6.07) is 15.8. The monoisotopic (exact) mass is 306 g/mol. The SMILES string of the molecule is COC(=O)c1cc(Nc2cccc(C)c2)c2cccc(C)c2n1. The quantitative estimate of drug-likeness (QED) is 0.729. The van der Waals surface area contributed by atoms with Crippen LogP contribution in [-0.4, -0.2) is 18.1 Å². The number of anilines is 2. The largest absolute Gasteiger partial charge is 0.464 e. The highest BCUT2D eigenvalue weighted by atomic mass is 16.5. The number of pyridine rings is 1. The number of nitrogens with one attached hydrogen (secondary N) is 1. The van der Waals surface area contributed by atoms with Crippen LogP contribution in [0.1, 0.15) is 21.6 Å². The van der Waals surface area contributed by atoms with Gasteiger partial charge in [0.2, 0.25) is 0 Å². The molecule has 23 heavy (non-hydrogen) atoms. The minimum absolute atomic E-state index is 0.296. The van der Waals surface area contributed by atoms with Gasteiger partial charge in [0.15, 0.2) is 5.69 Å². The second kappa shape index (κ2) is 6.08. The minimum atomic E-state index is -0.442. The summed E-state index contributed by atoms with van der Waals surface area (Å²) in [6.07, 6.45) is 0. The number of hydrogen-bond acceptors (Lipinski definition) is 4. The predicted octanol–water partition coefficient (Wildman–Crippen LogP) is 4.38. The van der Waals surface area contributed by atoms with E-state index in [0.717, 1.165) is 33.4 Å². The number of aromatic nitrogens is 1. The molecule has 0 saturated heterocycles. The van der Waals surface area contributed by atoms with Gasteiger partial charge >= 0.3 is 5.97 Å². The van der Waals surface area contributed by atoms with Gasteiger partial charge in [0.25, 0.3) is 0 Å². The van der Waals surface area contributed by atoms with Gasteiger partial charge in [-0.3, -0.25) is 0 Å². The smallest absolute Gasteiger partial charge is 0.356 e. The second-order valence-corrected chi connectivity index (χ2v) is 5.51. The van der Waals surface area contributed by atoms with E-state index in [1.165, 1.54) is 7.11 Å². The number of nitrogens with zero attached hydrogens (tertiary/aromatic N) is 1. The molecule has 1 aromatic heterocycles. The Kier molecular flexibility index (Phi) is 3.98. The molecule has 0 radical (unpaired) electrons. The van der Waals surface area contributed by atoms with Crippen molar-refractivity contribution in [3.63, 3.8) is 0 Å². The van der Waals surface area contributed by atoms with E-state index in [1.807, 2.05) is 50.2 Å². The molecule has 0 aliphatic rings. The normalized spacial score (nSPS) is 10.6. The summed E-state index contributed by atoms with van der Waals surface area (Å²) >= 11 is 0. The van der Waals surface area contributed by atoms with Gasteiger partial charge in [0, 0.05) is 11.1 Å². The van der Waals surface area contributed by atoms with E-state index in [9.17, 15) is 4.79 Å². The van der Waals surface area contributed by atoms with E-state index < -0.39 is 5.97 Å². The maximum Gasteiger partial charge on any atom is 0.356 e. The standard InChI is InChI=1S/C19H18N2O2/c1-12-6-4-8-14(10-12)20-16-11-17(19(22)23-3)21-18-13(2)7-5-9-15(16)18/h4-11H,1-3H3,(H,20,21). The van der Waals surface area contributed by atoms with Crippen molar-refractivity contribution in [2.75, 3.05) is 12.4 Å². The van der Waals surface area contributed by atoms with Crippen molar-refractivity contribution in [1.29, 1.82) is 0 Å². The van der Waals surface area contributed by atoms with Gasteiger partial charge < -0.3 is 10.1 Å². The summed E-state index contributed by atoms with van der Waals surface area (Å²) in [5.41, 5.74) is 5.08. The molecule has 116 valence electrons. The lowest BCUT2D eigenvalue weighted by Gasteiger charge is -2.13. The second-order valence-electron chi connectivity index (χ2n) is 5.51. The molecular formula is C19H18N2O2. The number of rotatable bonds is 3. The van der Waals surface area contributed by atoms with Gasteiger partial charge in [-0.2, -0.15) is 0 Å². The zero-order valence-corrected chi connectivity index (χ0v) is 13.4. The van der Waals surface area contributed by atoms with Gasteiger partial charge in [-0.15, -0.1) is 0 Å². The first-order valence-electron chi connectivity index (χ1n) is 7.41. The van der Waals surface area contributed by atoms with E-state index >= 15 is 0 Å². The first-order valence-corrected chi connectivity index (χ1v) is 7.41. The number of hydrogen-bond donors (Lipinski definition) is 1. The minimum Gasteiger partial charge on any atom is -0.464 e. The van der Waals surface area contributed by atoms with Crippen LogP contribution in [0.3, 0.4) is 0 Å². The number of fused-ring (bicyclic) bond motifs is 1. The number of esters is 1. The molecule has 1 heterocycles. The molecule has 3 rings (SSSR count). The van der Waals surface area contributed by atoms with Crippen LogP contribution in [0.25, 0.3) is 10.9 Å². The Bertz CT molecular complexity index is 888. The summed E-state index contributed by atoms with van der Waals surface area (Å²) in [6.45, 7) is 4.02. The highest BCUT2D eigenvalue weighted by molar-refractivity contribution is 5.99. The van der Waals surface area contributed by atoms with Crippen LogP contribution >= 0.6 is 0 Å². The van der Waals surface area contributed by atoms with E-state index in [-0.39, 0.29) is 0 Å². The summed E-state index contributed by atoms with van der Waals surface area (Å²) in [7, 11) is 1.36. The van der Waals surface area contributed by atoms with E-state index in [1.54, 1.807) is 6.07 Å². The molecule has 0 fully saturated rings. The molecular weight excluding hydrogens is 288 g/mol. The third-order valence-corrected chi connectivity index (χ3v) is 3.73. The Labute approximate surface area is 135 Å².